The highest BCUT2D eigenvalue weighted by atomic mass is 35.5. The maximum Gasteiger partial charge on any atom is 0.255 e. The summed E-state index contributed by atoms with van der Waals surface area (Å²) < 4.78 is 7.36. The quantitative estimate of drug-likeness (QED) is 0.335. The van der Waals surface area contributed by atoms with Crippen molar-refractivity contribution in [1.82, 2.24) is 14.8 Å². The number of nitrogens with one attached hydrogen (secondary N) is 2. The second-order valence-electron chi connectivity index (χ2n) is 7.60. The zero-order chi connectivity index (χ0) is 24.2. The van der Waals surface area contributed by atoms with Gasteiger partial charge in [-0.05, 0) is 44.5 Å². The van der Waals surface area contributed by atoms with Crippen LogP contribution in [0.25, 0.3) is 0 Å². The van der Waals surface area contributed by atoms with Crippen LogP contribution in [-0.2, 0) is 4.79 Å². The van der Waals surface area contributed by atoms with Gasteiger partial charge in [0.05, 0.1) is 17.9 Å². The summed E-state index contributed by atoms with van der Waals surface area (Å²) in [6, 6.07) is 11.9. The highest BCUT2D eigenvalue weighted by molar-refractivity contribution is 7.99. The van der Waals surface area contributed by atoms with E-state index in [1.807, 2.05) is 32.0 Å². The summed E-state index contributed by atoms with van der Waals surface area (Å²) in [5.41, 5.74) is 2.24. The van der Waals surface area contributed by atoms with Crippen LogP contribution in [0.4, 0.5) is 11.6 Å². The average Bonchev–Trinajstić information content (AvgIpc) is 3.21. The van der Waals surface area contributed by atoms with Gasteiger partial charge in [0.1, 0.15) is 11.8 Å². The molecule has 178 valence electrons. The molecule has 10 heteroatoms. The number of rotatable bonds is 8. The van der Waals surface area contributed by atoms with Gasteiger partial charge in [-0.25, -0.2) is 4.68 Å². The van der Waals surface area contributed by atoms with Crippen molar-refractivity contribution >= 4 is 52.5 Å². The van der Waals surface area contributed by atoms with E-state index in [1.54, 1.807) is 40.7 Å². The molecule has 1 unspecified atom stereocenters. The number of para-hydroxylation sites is 2. The number of fused-ring (bicyclic) bond motifs is 1. The molecule has 3 aromatic rings. The Bertz CT molecular complexity index is 1220. The minimum Gasteiger partial charge on any atom is -0.492 e. The highest BCUT2D eigenvalue weighted by Gasteiger charge is 2.37. The van der Waals surface area contributed by atoms with E-state index in [4.69, 9.17) is 33.0 Å². The summed E-state index contributed by atoms with van der Waals surface area (Å²) in [4.78, 5) is 18.3. The third kappa shape index (κ3) is 4.89. The van der Waals surface area contributed by atoms with E-state index in [9.17, 15) is 4.79 Å². The van der Waals surface area contributed by atoms with Crippen molar-refractivity contribution in [1.29, 1.82) is 0 Å². The molecule has 1 atom stereocenters. The SMILES string of the molecule is CCCSc1nc2n(n1)C(c1c(Cl)cccc1Cl)C(C(=O)Nc1ccccc1OCC)=C(C)N2. The minimum atomic E-state index is -0.666. The summed E-state index contributed by atoms with van der Waals surface area (Å²) in [6.45, 7) is 6.31. The third-order valence-corrected chi connectivity index (χ3v) is 6.92. The van der Waals surface area contributed by atoms with Gasteiger partial charge in [0.2, 0.25) is 11.1 Å². The fraction of sp³-hybridized carbons (Fsp3) is 0.292. The minimum absolute atomic E-state index is 0.318. The number of aromatic nitrogens is 3. The molecule has 0 fully saturated rings. The Morgan fingerprint density at radius 1 is 1.18 bits per heavy atom. The van der Waals surface area contributed by atoms with Crippen molar-refractivity contribution in [2.24, 2.45) is 0 Å². The lowest BCUT2D eigenvalue weighted by Gasteiger charge is -2.29. The Morgan fingerprint density at radius 2 is 1.91 bits per heavy atom. The number of nitrogens with zero attached hydrogens (tertiary/aromatic N) is 3. The molecule has 34 heavy (non-hydrogen) atoms. The van der Waals surface area contributed by atoms with E-state index in [1.165, 1.54) is 0 Å². The zero-order valence-corrected chi connectivity index (χ0v) is 21.4. The lowest BCUT2D eigenvalue weighted by atomic mass is 9.94. The Hall–Kier alpha value is -2.68. The van der Waals surface area contributed by atoms with Gasteiger partial charge in [-0.1, -0.05) is 60.1 Å². The lowest BCUT2D eigenvalue weighted by molar-refractivity contribution is -0.113. The van der Waals surface area contributed by atoms with E-state index in [-0.39, 0.29) is 5.91 Å². The van der Waals surface area contributed by atoms with E-state index < -0.39 is 6.04 Å². The number of benzene rings is 2. The molecule has 2 N–H and O–H groups in total. The molecule has 1 aromatic heterocycles. The van der Waals surface area contributed by atoms with Gasteiger partial charge in [0.15, 0.2) is 0 Å². The number of ether oxygens (including phenoxy) is 1. The molecule has 1 aliphatic heterocycles. The van der Waals surface area contributed by atoms with Gasteiger partial charge in [-0.15, -0.1) is 5.10 Å². The molecule has 0 saturated carbocycles. The molecule has 0 bridgehead atoms. The number of thioether (sulfide) groups is 1. The van der Waals surface area contributed by atoms with Gasteiger partial charge in [-0.3, -0.25) is 4.79 Å². The van der Waals surface area contributed by atoms with Crippen LogP contribution in [0.1, 0.15) is 38.8 Å². The lowest BCUT2D eigenvalue weighted by Crippen LogP contribution is -2.32. The van der Waals surface area contributed by atoms with Crippen LogP contribution < -0.4 is 15.4 Å². The monoisotopic (exact) mass is 517 g/mol. The second kappa shape index (κ2) is 10.7. The molecule has 0 aliphatic carbocycles. The van der Waals surface area contributed by atoms with Crippen LogP contribution >= 0.6 is 35.0 Å². The molecule has 4 rings (SSSR count). The van der Waals surface area contributed by atoms with Gasteiger partial charge in [0, 0.05) is 27.1 Å². The highest BCUT2D eigenvalue weighted by Crippen LogP contribution is 2.42. The number of carbonyl (C=O) groups is 1. The van der Waals surface area contributed by atoms with E-state index in [0.29, 0.717) is 56.0 Å². The smallest absolute Gasteiger partial charge is 0.255 e. The molecule has 2 aromatic carbocycles. The summed E-state index contributed by atoms with van der Waals surface area (Å²) in [5, 5.41) is 12.4. The predicted molar refractivity (Wildman–Crippen MR) is 138 cm³/mol. The van der Waals surface area contributed by atoms with Crippen molar-refractivity contribution in [3.05, 3.63) is 69.3 Å². The largest absolute Gasteiger partial charge is 0.492 e. The van der Waals surface area contributed by atoms with E-state index >= 15 is 0 Å². The van der Waals surface area contributed by atoms with Crippen LogP contribution in [0, 0.1) is 0 Å². The third-order valence-electron chi connectivity index (χ3n) is 5.22. The molecule has 0 saturated heterocycles. The second-order valence-corrected chi connectivity index (χ2v) is 9.47. The Kier molecular flexibility index (Phi) is 7.70. The first-order valence-electron chi connectivity index (χ1n) is 11.0. The van der Waals surface area contributed by atoms with Crippen molar-refractivity contribution in [3.8, 4) is 5.75 Å². The fourth-order valence-corrected chi connectivity index (χ4v) is 5.05. The standard InChI is InChI=1S/C24H25Cl2N5O2S/c1-4-13-34-24-29-23-27-14(3)19(22(32)28-17-11-6-7-12-18(17)33-5-2)21(31(23)30-24)20-15(25)9-8-10-16(20)26/h6-12,21H,4-5,13H2,1-3H3,(H,28,32)(H,27,29,30). The summed E-state index contributed by atoms with van der Waals surface area (Å²) in [5.74, 6) is 1.69. The van der Waals surface area contributed by atoms with Crippen LogP contribution in [0.5, 0.6) is 5.75 Å². The molecule has 1 amide bonds. The molecule has 1 aliphatic rings. The first-order valence-corrected chi connectivity index (χ1v) is 12.7. The summed E-state index contributed by atoms with van der Waals surface area (Å²) in [6.07, 6.45) is 0.992. The zero-order valence-electron chi connectivity index (χ0n) is 19.1. The molecule has 0 spiro atoms. The normalized spacial score (nSPS) is 15.0. The molecule has 7 nitrogen and oxygen atoms in total. The maximum absolute atomic E-state index is 13.7. The van der Waals surface area contributed by atoms with Gasteiger partial charge in [0.25, 0.3) is 5.91 Å². The molecule has 2 heterocycles. The number of amides is 1. The summed E-state index contributed by atoms with van der Waals surface area (Å²) >= 11 is 14.8. The van der Waals surface area contributed by atoms with E-state index in [2.05, 4.69) is 22.5 Å². The molecular weight excluding hydrogens is 493 g/mol. The first kappa shape index (κ1) is 24.4. The topological polar surface area (TPSA) is 81.1 Å². The Balaban J connectivity index is 1.80. The summed E-state index contributed by atoms with van der Waals surface area (Å²) in [7, 11) is 0. The number of allylic oxidation sites excluding steroid dienone is 1. The van der Waals surface area contributed by atoms with Crippen molar-refractivity contribution in [2.75, 3.05) is 23.0 Å². The van der Waals surface area contributed by atoms with Gasteiger partial charge >= 0.3 is 0 Å². The Morgan fingerprint density at radius 3 is 2.62 bits per heavy atom. The van der Waals surface area contributed by atoms with Crippen LogP contribution in [0.15, 0.2) is 58.9 Å². The Labute approximate surface area is 212 Å². The molecule has 0 radical (unpaired) electrons. The number of halogens is 2. The van der Waals surface area contributed by atoms with Crippen LogP contribution in [0.2, 0.25) is 10.0 Å². The van der Waals surface area contributed by atoms with Crippen molar-refractivity contribution < 1.29 is 9.53 Å². The predicted octanol–water partition coefficient (Wildman–Crippen LogP) is 6.41. The van der Waals surface area contributed by atoms with Gasteiger partial charge < -0.3 is 15.4 Å². The maximum atomic E-state index is 13.7. The molecular formula is C24H25Cl2N5O2S. The van der Waals surface area contributed by atoms with Crippen LogP contribution in [0.3, 0.4) is 0 Å². The van der Waals surface area contributed by atoms with E-state index in [0.717, 1.165) is 12.2 Å². The van der Waals surface area contributed by atoms with Gasteiger partial charge in [-0.2, -0.15) is 4.98 Å². The first-order chi connectivity index (χ1) is 16.4. The van der Waals surface area contributed by atoms with Crippen molar-refractivity contribution in [3.63, 3.8) is 0 Å². The number of carbonyl (C=O) groups excluding carboxylic acids is 1. The van der Waals surface area contributed by atoms with Crippen LogP contribution in [-0.4, -0.2) is 33.0 Å². The fourth-order valence-electron chi connectivity index (χ4n) is 3.76. The average molecular weight is 518 g/mol. The van der Waals surface area contributed by atoms with Crippen molar-refractivity contribution in [2.45, 2.75) is 38.4 Å². The number of hydrogen-bond donors (Lipinski definition) is 2. The number of hydrogen-bond acceptors (Lipinski definition) is 6. The number of anilines is 2.